The molecule has 0 spiro atoms. The minimum absolute atomic E-state index is 0.149. The van der Waals surface area contributed by atoms with Gasteiger partial charge < -0.3 is 0 Å². The Kier molecular flexibility index (Phi) is 4.33. The molecule has 1 saturated carbocycles. The summed E-state index contributed by atoms with van der Waals surface area (Å²) in [4.78, 5) is 0. The highest BCUT2D eigenvalue weighted by Crippen LogP contribution is 2.29. The fraction of sp³-hybridized carbons (Fsp3) is 1.00. The Labute approximate surface area is 95.9 Å². The van der Waals surface area contributed by atoms with Crippen LogP contribution < -0.4 is 0 Å². The van der Waals surface area contributed by atoms with Crippen molar-refractivity contribution in [2.24, 2.45) is 5.92 Å². The summed E-state index contributed by atoms with van der Waals surface area (Å²) < 4.78 is 56.6. The van der Waals surface area contributed by atoms with Crippen molar-refractivity contribution in [2.45, 2.75) is 38.7 Å². The van der Waals surface area contributed by atoms with Crippen molar-refractivity contribution in [1.82, 2.24) is 0 Å². The van der Waals surface area contributed by atoms with Crippen LogP contribution in [-0.4, -0.2) is 32.6 Å². The number of hydrogen-bond donors (Lipinski definition) is 1. The zero-order valence-electron chi connectivity index (χ0n) is 9.00. The molecular weight excluding hydrogens is 256 g/mol. The molecule has 0 aliphatic heterocycles. The van der Waals surface area contributed by atoms with Crippen molar-refractivity contribution in [3.63, 3.8) is 0 Å². The molecule has 1 aliphatic carbocycles. The Morgan fingerprint density at radius 3 is 2.19 bits per heavy atom. The fourth-order valence-electron chi connectivity index (χ4n) is 1.95. The Hall–Kier alpha value is -0.180. The van der Waals surface area contributed by atoms with Gasteiger partial charge >= 0.3 is 0 Å². The first-order valence-corrected chi connectivity index (χ1v) is 8.24. The molecule has 0 aromatic heterocycles. The SMILES string of the molecule is CC(OS(=O)(=O)CS(=O)(=O)O)C1CCCC1. The van der Waals surface area contributed by atoms with Crippen LogP contribution in [0.25, 0.3) is 0 Å². The highest BCUT2D eigenvalue weighted by molar-refractivity contribution is 8.03. The van der Waals surface area contributed by atoms with Crippen molar-refractivity contribution in [3.8, 4) is 0 Å². The summed E-state index contributed by atoms with van der Waals surface area (Å²) >= 11 is 0. The summed E-state index contributed by atoms with van der Waals surface area (Å²) in [7, 11) is -8.78. The van der Waals surface area contributed by atoms with Gasteiger partial charge in [0, 0.05) is 0 Å². The molecule has 1 rings (SSSR count). The van der Waals surface area contributed by atoms with E-state index in [2.05, 4.69) is 0 Å². The van der Waals surface area contributed by atoms with Gasteiger partial charge in [-0.1, -0.05) is 12.8 Å². The lowest BCUT2D eigenvalue weighted by molar-refractivity contribution is 0.162. The first kappa shape index (κ1) is 13.9. The highest BCUT2D eigenvalue weighted by Gasteiger charge is 2.29. The lowest BCUT2D eigenvalue weighted by atomic mass is 10.0. The van der Waals surface area contributed by atoms with Gasteiger partial charge in [0.15, 0.2) is 0 Å². The van der Waals surface area contributed by atoms with Crippen molar-refractivity contribution in [2.75, 3.05) is 5.08 Å². The molecule has 0 aromatic rings. The second-order valence-electron chi connectivity index (χ2n) is 4.10. The van der Waals surface area contributed by atoms with Crippen LogP contribution in [0.3, 0.4) is 0 Å². The highest BCUT2D eigenvalue weighted by atomic mass is 32.3. The summed E-state index contributed by atoms with van der Waals surface area (Å²) in [6, 6.07) is 0. The molecule has 0 amide bonds. The molecular formula is C8H16O6S2. The van der Waals surface area contributed by atoms with E-state index in [-0.39, 0.29) is 5.92 Å². The predicted molar refractivity (Wildman–Crippen MR) is 57.8 cm³/mol. The molecule has 0 aromatic carbocycles. The van der Waals surface area contributed by atoms with E-state index in [0.717, 1.165) is 25.7 Å². The van der Waals surface area contributed by atoms with Crippen molar-refractivity contribution in [1.29, 1.82) is 0 Å². The average molecular weight is 272 g/mol. The van der Waals surface area contributed by atoms with Gasteiger partial charge in [0.2, 0.25) is 5.08 Å². The Morgan fingerprint density at radius 2 is 1.75 bits per heavy atom. The van der Waals surface area contributed by atoms with Gasteiger partial charge in [0.25, 0.3) is 20.2 Å². The van der Waals surface area contributed by atoms with Crippen LogP contribution in [0.1, 0.15) is 32.6 Å². The van der Waals surface area contributed by atoms with E-state index < -0.39 is 31.4 Å². The zero-order valence-corrected chi connectivity index (χ0v) is 10.6. The van der Waals surface area contributed by atoms with Crippen molar-refractivity contribution >= 4 is 20.2 Å². The van der Waals surface area contributed by atoms with Crippen LogP contribution in [0, 0.1) is 5.92 Å². The number of rotatable bonds is 5. The lowest BCUT2D eigenvalue weighted by Gasteiger charge is -2.18. The maximum absolute atomic E-state index is 11.3. The maximum atomic E-state index is 11.3. The third-order valence-electron chi connectivity index (χ3n) is 2.66. The molecule has 1 N–H and O–H groups in total. The van der Waals surface area contributed by atoms with Crippen LogP contribution in [0.15, 0.2) is 0 Å². The van der Waals surface area contributed by atoms with Crippen LogP contribution in [-0.2, 0) is 24.4 Å². The normalized spacial score (nSPS) is 21.1. The monoisotopic (exact) mass is 272 g/mol. The molecule has 1 unspecified atom stereocenters. The van der Waals surface area contributed by atoms with E-state index in [1.54, 1.807) is 6.92 Å². The van der Waals surface area contributed by atoms with E-state index in [9.17, 15) is 16.8 Å². The largest absolute Gasteiger partial charge is 0.285 e. The molecule has 16 heavy (non-hydrogen) atoms. The van der Waals surface area contributed by atoms with E-state index >= 15 is 0 Å². The third-order valence-corrected chi connectivity index (χ3v) is 5.60. The molecule has 0 saturated heterocycles. The summed E-state index contributed by atoms with van der Waals surface area (Å²) in [5.41, 5.74) is 0. The van der Waals surface area contributed by atoms with E-state index in [4.69, 9.17) is 8.74 Å². The second-order valence-corrected chi connectivity index (χ2v) is 7.52. The zero-order chi connectivity index (χ0) is 12.4. The van der Waals surface area contributed by atoms with Gasteiger partial charge in [-0.05, 0) is 25.7 Å². The minimum atomic E-state index is -4.56. The molecule has 1 fully saturated rings. The van der Waals surface area contributed by atoms with E-state index in [1.165, 1.54) is 0 Å². The fourth-order valence-corrected chi connectivity index (χ4v) is 4.25. The minimum Gasteiger partial charge on any atom is -0.285 e. The first-order chi connectivity index (χ1) is 7.20. The smallest absolute Gasteiger partial charge is 0.284 e. The van der Waals surface area contributed by atoms with Crippen LogP contribution in [0.5, 0.6) is 0 Å². The number of hydrogen-bond acceptors (Lipinski definition) is 5. The van der Waals surface area contributed by atoms with Gasteiger partial charge in [-0.3, -0.25) is 8.74 Å². The molecule has 0 radical (unpaired) electrons. The standard InChI is InChI=1S/C8H16O6S2/c1-7(8-4-2-3-5-8)14-16(12,13)6-15(9,10)11/h7-8H,2-6H2,1H3,(H,9,10,11). The van der Waals surface area contributed by atoms with Gasteiger partial charge in [-0.15, -0.1) is 0 Å². The van der Waals surface area contributed by atoms with Crippen LogP contribution in [0.2, 0.25) is 0 Å². The van der Waals surface area contributed by atoms with Crippen LogP contribution in [0.4, 0.5) is 0 Å². The van der Waals surface area contributed by atoms with Crippen LogP contribution >= 0.6 is 0 Å². The first-order valence-electron chi connectivity index (χ1n) is 5.06. The molecule has 8 heteroatoms. The average Bonchev–Trinajstić information content (AvgIpc) is 2.48. The lowest BCUT2D eigenvalue weighted by Crippen LogP contribution is -2.26. The Morgan fingerprint density at radius 1 is 1.25 bits per heavy atom. The third kappa shape index (κ3) is 4.77. The molecule has 0 heterocycles. The molecule has 96 valence electrons. The summed E-state index contributed by atoms with van der Waals surface area (Å²) in [5.74, 6) is 0.149. The van der Waals surface area contributed by atoms with Gasteiger partial charge in [-0.25, -0.2) is 0 Å². The second kappa shape index (κ2) is 4.99. The Balaban J connectivity index is 2.58. The Bertz CT molecular complexity index is 417. The van der Waals surface area contributed by atoms with E-state index in [1.807, 2.05) is 0 Å². The molecule has 0 bridgehead atoms. The molecule has 1 atom stereocenters. The van der Waals surface area contributed by atoms with E-state index in [0.29, 0.717) is 0 Å². The summed E-state index contributed by atoms with van der Waals surface area (Å²) in [6.07, 6.45) is 3.33. The van der Waals surface area contributed by atoms with Crippen molar-refractivity contribution in [3.05, 3.63) is 0 Å². The van der Waals surface area contributed by atoms with Gasteiger partial charge in [-0.2, -0.15) is 16.8 Å². The molecule has 1 aliphatic rings. The predicted octanol–water partition coefficient (Wildman–Crippen LogP) is 0.757. The van der Waals surface area contributed by atoms with Crippen molar-refractivity contribution < 1.29 is 25.6 Å². The quantitative estimate of drug-likeness (QED) is 0.586. The summed E-state index contributed by atoms with van der Waals surface area (Å²) in [6.45, 7) is 1.61. The summed E-state index contributed by atoms with van der Waals surface area (Å²) in [5, 5.41) is -1.38. The maximum Gasteiger partial charge on any atom is 0.284 e. The van der Waals surface area contributed by atoms with Gasteiger partial charge in [0.05, 0.1) is 6.10 Å². The topological polar surface area (TPSA) is 97.7 Å². The molecule has 6 nitrogen and oxygen atoms in total. The van der Waals surface area contributed by atoms with Gasteiger partial charge in [0.1, 0.15) is 0 Å².